The summed E-state index contributed by atoms with van der Waals surface area (Å²) >= 11 is 3.42. The zero-order valence-electron chi connectivity index (χ0n) is 13.9. The first-order chi connectivity index (χ1) is 12.1. The second-order valence-electron chi connectivity index (χ2n) is 6.03. The average molecular weight is 402 g/mol. The molecule has 2 aromatic rings. The van der Waals surface area contributed by atoms with Crippen molar-refractivity contribution in [2.24, 2.45) is 0 Å². The van der Waals surface area contributed by atoms with E-state index in [2.05, 4.69) is 15.9 Å². The number of halogens is 1. The molecule has 0 aromatic heterocycles. The van der Waals surface area contributed by atoms with E-state index in [4.69, 9.17) is 4.74 Å². The van der Waals surface area contributed by atoms with Gasteiger partial charge in [-0.15, -0.1) is 0 Å². The van der Waals surface area contributed by atoms with Crippen molar-refractivity contribution in [3.63, 3.8) is 0 Å². The summed E-state index contributed by atoms with van der Waals surface area (Å²) in [7, 11) is 0. The summed E-state index contributed by atoms with van der Waals surface area (Å²) in [6.45, 7) is 2.29. The smallest absolute Gasteiger partial charge is 0.223 e. The molecule has 0 N–H and O–H groups in total. The van der Waals surface area contributed by atoms with Crippen molar-refractivity contribution in [2.45, 2.75) is 12.3 Å². The molecule has 1 atom stereocenters. The van der Waals surface area contributed by atoms with E-state index in [0.717, 1.165) is 10.0 Å². The quantitative estimate of drug-likeness (QED) is 0.718. The molecule has 0 spiro atoms. The van der Waals surface area contributed by atoms with Crippen LogP contribution in [0.15, 0.2) is 59.1 Å². The van der Waals surface area contributed by atoms with E-state index in [9.17, 15) is 9.59 Å². The minimum atomic E-state index is -0.481. The summed E-state index contributed by atoms with van der Waals surface area (Å²) in [6, 6.07) is 16.8. The van der Waals surface area contributed by atoms with Crippen molar-refractivity contribution >= 4 is 27.6 Å². The predicted molar refractivity (Wildman–Crippen MR) is 99.7 cm³/mol. The number of hydrogen-bond donors (Lipinski definition) is 0. The molecule has 0 radical (unpaired) electrons. The Kier molecular flexibility index (Phi) is 6.00. The Balaban J connectivity index is 1.84. The number of rotatable bonds is 5. The number of nitrogens with zero attached hydrogens (tertiary/aromatic N) is 1. The molecule has 4 nitrogen and oxygen atoms in total. The van der Waals surface area contributed by atoms with Gasteiger partial charge in [0, 0.05) is 29.5 Å². The van der Waals surface area contributed by atoms with E-state index in [1.165, 1.54) is 0 Å². The fourth-order valence-corrected chi connectivity index (χ4v) is 3.24. The molecule has 0 bridgehead atoms. The number of carbonyl (C=O) groups is 2. The Morgan fingerprint density at radius 1 is 1.00 bits per heavy atom. The Morgan fingerprint density at radius 2 is 1.64 bits per heavy atom. The number of benzene rings is 2. The highest BCUT2D eigenvalue weighted by atomic mass is 79.9. The maximum atomic E-state index is 13.0. The summed E-state index contributed by atoms with van der Waals surface area (Å²) in [5.41, 5.74) is 1.49. The zero-order valence-corrected chi connectivity index (χ0v) is 15.4. The Labute approximate surface area is 155 Å². The van der Waals surface area contributed by atoms with Gasteiger partial charge in [-0.05, 0) is 17.7 Å². The number of ether oxygens (including phenoxy) is 1. The highest BCUT2D eigenvalue weighted by Gasteiger charge is 2.27. The van der Waals surface area contributed by atoms with Crippen LogP contribution in [0.25, 0.3) is 0 Å². The minimum Gasteiger partial charge on any atom is -0.378 e. The lowest BCUT2D eigenvalue weighted by atomic mass is 9.87. The lowest BCUT2D eigenvalue weighted by Gasteiger charge is -2.28. The van der Waals surface area contributed by atoms with Gasteiger partial charge >= 0.3 is 0 Å². The van der Waals surface area contributed by atoms with E-state index in [1.807, 2.05) is 42.5 Å². The lowest BCUT2D eigenvalue weighted by Crippen LogP contribution is -2.41. The summed E-state index contributed by atoms with van der Waals surface area (Å²) in [6.07, 6.45) is 0.176. The van der Waals surface area contributed by atoms with Gasteiger partial charge in [0.25, 0.3) is 0 Å². The van der Waals surface area contributed by atoms with Gasteiger partial charge in [-0.2, -0.15) is 0 Å². The van der Waals surface area contributed by atoms with Crippen LogP contribution in [0.3, 0.4) is 0 Å². The summed E-state index contributed by atoms with van der Waals surface area (Å²) < 4.78 is 6.25. The number of ketones is 1. The third-order valence-electron chi connectivity index (χ3n) is 4.39. The largest absolute Gasteiger partial charge is 0.378 e. The fraction of sp³-hybridized carbons (Fsp3) is 0.300. The van der Waals surface area contributed by atoms with Crippen LogP contribution in [0.4, 0.5) is 0 Å². The summed E-state index contributed by atoms with van der Waals surface area (Å²) in [4.78, 5) is 27.5. The fourth-order valence-electron chi connectivity index (χ4n) is 2.98. The van der Waals surface area contributed by atoms with Crippen LogP contribution in [-0.4, -0.2) is 42.9 Å². The van der Waals surface area contributed by atoms with E-state index in [1.54, 1.807) is 17.0 Å². The SMILES string of the molecule is O=C(c1ccccc1)C(CC(=O)N1CCOCC1)c1ccc(Br)cc1. The molecule has 1 fully saturated rings. The highest BCUT2D eigenvalue weighted by molar-refractivity contribution is 9.10. The Morgan fingerprint density at radius 3 is 2.28 bits per heavy atom. The maximum absolute atomic E-state index is 13.0. The molecule has 2 aromatic carbocycles. The van der Waals surface area contributed by atoms with E-state index < -0.39 is 5.92 Å². The highest BCUT2D eigenvalue weighted by Crippen LogP contribution is 2.27. The zero-order chi connectivity index (χ0) is 17.6. The second kappa shape index (κ2) is 8.41. The summed E-state index contributed by atoms with van der Waals surface area (Å²) in [5, 5.41) is 0. The molecular formula is C20H20BrNO3. The molecule has 25 heavy (non-hydrogen) atoms. The molecule has 1 amide bonds. The number of hydrogen-bond acceptors (Lipinski definition) is 3. The predicted octanol–water partition coefficient (Wildman–Crippen LogP) is 3.66. The number of carbonyl (C=O) groups excluding carboxylic acids is 2. The van der Waals surface area contributed by atoms with Crippen LogP contribution in [-0.2, 0) is 9.53 Å². The van der Waals surface area contributed by atoms with Crippen molar-refractivity contribution in [3.05, 3.63) is 70.2 Å². The van der Waals surface area contributed by atoms with Gasteiger partial charge in [0.15, 0.2) is 5.78 Å². The van der Waals surface area contributed by atoms with E-state index in [-0.39, 0.29) is 18.1 Å². The molecule has 0 aliphatic carbocycles. The molecule has 1 saturated heterocycles. The minimum absolute atomic E-state index is 0.000463. The van der Waals surface area contributed by atoms with Gasteiger partial charge in [0.2, 0.25) is 5.91 Å². The first-order valence-corrected chi connectivity index (χ1v) is 9.14. The molecular weight excluding hydrogens is 382 g/mol. The van der Waals surface area contributed by atoms with Crippen LogP contribution in [0.2, 0.25) is 0 Å². The number of Topliss-reactive ketones (excluding diaryl/α,β-unsaturated/α-hetero) is 1. The van der Waals surface area contributed by atoms with Crippen LogP contribution >= 0.6 is 15.9 Å². The third-order valence-corrected chi connectivity index (χ3v) is 4.92. The molecule has 1 unspecified atom stereocenters. The van der Waals surface area contributed by atoms with E-state index in [0.29, 0.717) is 31.9 Å². The maximum Gasteiger partial charge on any atom is 0.223 e. The molecule has 0 saturated carbocycles. The van der Waals surface area contributed by atoms with Gasteiger partial charge < -0.3 is 9.64 Å². The number of amides is 1. The van der Waals surface area contributed by atoms with Crippen molar-refractivity contribution in [1.29, 1.82) is 0 Å². The van der Waals surface area contributed by atoms with Crippen LogP contribution in [0.1, 0.15) is 28.3 Å². The van der Waals surface area contributed by atoms with Gasteiger partial charge in [-0.25, -0.2) is 0 Å². The van der Waals surface area contributed by atoms with Crippen molar-refractivity contribution < 1.29 is 14.3 Å². The first-order valence-electron chi connectivity index (χ1n) is 8.35. The monoisotopic (exact) mass is 401 g/mol. The van der Waals surface area contributed by atoms with E-state index >= 15 is 0 Å². The normalized spacial score (nSPS) is 15.6. The molecule has 1 aliphatic rings. The van der Waals surface area contributed by atoms with Crippen LogP contribution in [0.5, 0.6) is 0 Å². The van der Waals surface area contributed by atoms with Crippen molar-refractivity contribution in [1.82, 2.24) is 4.90 Å². The van der Waals surface area contributed by atoms with Gasteiger partial charge in [-0.1, -0.05) is 58.4 Å². The van der Waals surface area contributed by atoms with Crippen LogP contribution in [0, 0.1) is 0 Å². The Hall–Kier alpha value is -1.98. The molecule has 1 heterocycles. The standard InChI is InChI=1S/C20H20BrNO3/c21-17-8-6-15(7-9-17)18(20(24)16-4-2-1-3-5-16)14-19(23)22-10-12-25-13-11-22/h1-9,18H,10-14H2. The third kappa shape index (κ3) is 4.55. The molecule has 130 valence electrons. The van der Waals surface area contributed by atoms with Crippen LogP contribution < -0.4 is 0 Å². The average Bonchev–Trinajstić information content (AvgIpc) is 2.67. The Bertz CT molecular complexity index is 724. The molecule has 1 aliphatic heterocycles. The van der Waals surface area contributed by atoms with Gasteiger partial charge in [0.05, 0.1) is 19.1 Å². The first kappa shape index (κ1) is 17.8. The lowest BCUT2D eigenvalue weighted by molar-refractivity contribution is -0.135. The van der Waals surface area contributed by atoms with Crippen molar-refractivity contribution in [3.8, 4) is 0 Å². The summed E-state index contributed by atoms with van der Waals surface area (Å²) in [5.74, 6) is -0.504. The molecule has 3 rings (SSSR count). The van der Waals surface area contributed by atoms with Gasteiger partial charge in [0.1, 0.15) is 0 Å². The topological polar surface area (TPSA) is 46.6 Å². The number of morpholine rings is 1. The van der Waals surface area contributed by atoms with Crippen molar-refractivity contribution in [2.75, 3.05) is 26.3 Å². The molecule has 5 heteroatoms. The second-order valence-corrected chi connectivity index (χ2v) is 6.95. The van der Waals surface area contributed by atoms with Gasteiger partial charge in [-0.3, -0.25) is 9.59 Å².